The van der Waals surface area contributed by atoms with E-state index in [0.29, 0.717) is 23.6 Å². The van der Waals surface area contributed by atoms with Crippen molar-refractivity contribution in [2.45, 2.75) is 57.3 Å². The summed E-state index contributed by atoms with van der Waals surface area (Å²) in [5.41, 5.74) is 1.25. The van der Waals surface area contributed by atoms with Crippen LogP contribution in [0.5, 0.6) is 11.5 Å². The molecule has 1 fully saturated rings. The molecule has 6 nitrogen and oxygen atoms in total. The van der Waals surface area contributed by atoms with Gasteiger partial charge in [0.05, 0.1) is 26.2 Å². The van der Waals surface area contributed by atoms with Crippen LogP contribution in [-0.4, -0.2) is 32.7 Å². The fourth-order valence-electron chi connectivity index (χ4n) is 4.29. The standard InChI is InChI=1S/C26H33NO5/c1-4-5-17-32-23-14-11-20(18-22(23)24(28)31-3)27-25(29)26(15-7-6-8-16-26)19-9-12-21(30-2)13-10-19/h9-14,18H,4-8,15-17H2,1-3H3,(H,27,29). The van der Waals surface area contributed by atoms with Gasteiger partial charge in [0, 0.05) is 5.69 Å². The molecule has 0 heterocycles. The first-order valence-corrected chi connectivity index (χ1v) is 11.3. The van der Waals surface area contributed by atoms with Crippen molar-refractivity contribution < 1.29 is 23.8 Å². The highest BCUT2D eigenvalue weighted by Crippen LogP contribution is 2.41. The number of carbonyl (C=O) groups is 2. The Morgan fingerprint density at radius 1 is 1.00 bits per heavy atom. The topological polar surface area (TPSA) is 73.9 Å². The molecule has 0 atom stereocenters. The van der Waals surface area contributed by atoms with Crippen molar-refractivity contribution in [1.29, 1.82) is 0 Å². The van der Waals surface area contributed by atoms with E-state index in [2.05, 4.69) is 12.2 Å². The second-order valence-electron chi connectivity index (χ2n) is 8.23. The minimum absolute atomic E-state index is 0.0576. The van der Waals surface area contributed by atoms with Crippen LogP contribution in [0, 0.1) is 0 Å². The Morgan fingerprint density at radius 2 is 1.72 bits per heavy atom. The van der Waals surface area contributed by atoms with Crippen LogP contribution < -0.4 is 14.8 Å². The van der Waals surface area contributed by atoms with E-state index in [-0.39, 0.29) is 5.91 Å². The lowest BCUT2D eigenvalue weighted by atomic mass is 9.68. The summed E-state index contributed by atoms with van der Waals surface area (Å²) >= 11 is 0. The minimum atomic E-state index is -0.605. The van der Waals surface area contributed by atoms with Crippen molar-refractivity contribution in [3.8, 4) is 11.5 Å². The highest BCUT2D eigenvalue weighted by Gasteiger charge is 2.41. The van der Waals surface area contributed by atoms with Crippen LogP contribution in [0.25, 0.3) is 0 Å². The molecule has 0 bridgehead atoms. The molecule has 2 aromatic carbocycles. The quantitative estimate of drug-likeness (QED) is 0.412. The molecule has 1 amide bonds. The zero-order valence-corrected chi connectivity index (χ0v) is 19.2. The van der Waals surface area contributed by atoms with E-state index in [4.69, 9.17) is 14.2 Å². The largest absolute Gasteiger partial charge is 0.497 e. The lowest BCUT2D eigenvalue weighted by molar-refractivity contribution is -0.122. The Bertz CT molecular complexity index is 916. The molecule has 1 aliphatic carbocycles. The Labute approximate surface area is 190 Å². The first-order chi connectivity index (χ1) is 15.5. The summed E-state index contributed by atoms with van der Waals surface area (Å²) in [7, 11) is 2.97. The van der Waals surface area contributed by atoms with Crippen molar-refractivity contribution in [3.05, 3.63) is 53.6 Å². The predicted octanol–water partition coefficient (Wildman–Crippen LogP) is 5.50. The molecule has 1 aliphatic rings. The number of methoxy groups -OCH3 is 2. The maximum atomic E-state index is 13.6. The molecule has 32 heavy (non-hydrogen) atoms. The van der Waals surface area contributed by atoms with Crippen molar-refractivity contribution in [3.63, 3.8) is 0 Å². The molecular weight excluding hydrogens is 406 g/mol. The van der Waals surface area contributed by atoms with E-state index in [1.165, 1.54) is 7.11 Å². The smallest absolute Gasteiger partial charge is 0.341 e. The maximum absolute atomic E-state index is 13.6. The van der Waals surface area contributed by atoms with Gasteiger partial charge in [0.1, 0.15) is 17.1 Å². The summed E-state index contributed by atoms with van der Waals surface area (Å²) in [6, 6.07) is 12.9. The summed E-state index contributed by atoms with van der Waals surface area (Å²) in [5.74, 6) is 0.681. The van der Waals surface area contributed by atoms with Gasteiger partial charge >= 0.3 is 5.97 Å². The predicted molar refractivity (Wildman–Crippen MR) is 125 cm³/mol. The second kappa shape index (κ2) is 11.0. The summed E-state index contributed by atoms with van der Waals surface area (Å²) in [6.07, 6.45) is 6.58. The van der Waals surface area contributed by atoms with Crippen LogP contribution in [0.1, 0.15) is 67.8 Å². The number of unbranched alkanes of at least 4 members (excludes halogenated alkanes) is 1. The zero-order valence-electron chi connectivity index (χ0n) is 19.2. The molecule has 0 aliphatic heterocycles. The number of hydrogen-bond donors (Lipinski definition) is 1. The van der Waals surface area contributed by atoms with Gasteiger partial charge < -0.3 is 19.5 Å². The Morgan fingerprint density at radius 3 is 2.34 bits per heavy atom. The number of rotatable bonds is 9. The fourth-order valence-corrected chi connectivity index (χ4v) is 4.29. The molecule has 1 saturated carbocycles. The number of hydrogen-bond acceptors (Lipinski definition) is 5. The van der Waals surface area contributed by atoms with Gasteiger partial charge in [0.2, 0.25) is 5.91 Å². The van der Waals surface area contributed by atoms with Gasteiger partial charge in [0.25, 0.3) is 0 Å². The van der Waals surface area contributed by atoms with Crippen LogP contribution in [0.4, 0.5) is 5.69 Å². The molecule has 6 heteroatoms. The van der Waals surface area contributed by atoms with Gasteiger partial charge in [0.15, 0.2) is 0 Å². The molecule has 3 rings (SSSR count). The van der Waals surface area contributed by atoms with Gasteiger partial charge in [-0.2, -0.15) is 0 Å². The highest BCUT2D eigenvalue weighted by atomic mass is 16.5. The second-order valence-corrected chi connectivity index (χ2v) is 8.23. The molecule has 0 radical (unpaired) electrons. The van der Waals surface area contributed by atoms with Crippen LogP contribution in [0.15, 0.2) is 42.5 Å². The molecule has 0 aromatic heterocycles. The Balaban J connectivity index is 1.87. The average molecular weight is 440 g/mol. The van der Waals surface area contributed by atoms with Crippen molar-refractivity contribution in [2.75, 3.05) is 26.1 Å². The number of nitrogens with one attached hydrogen (secondary N) is 1. The third-order valence-electron chi connectivity index (χ3n) is 6.18. The summed E-state index contributed by atoms with van der Waals surface area (Å²) in [5, 5.41) is 3.06. The van der Waals surface area contributed by atoms with Gasteiger partial charge in [-0.25, -0.2) is 4.79 Å². The molecule has 0 saturated heterocycles. The third kappa shape index (κ3) is 5.23. The first-order valence-electron chi connectivity index (χ1n) is 11.3. The van der Waals surface area contributed by atoms with E-state index in [9.17, 15) is 9.59 Å². The normalized spacial score (nSPS) is 15.0. The number of carbonyl (C=O) groups excluding carboxylic acids is 2. The zero-order chi connectivity index (χ0) is 23.0. The summed E-state index contributed by atoms with van der Waals surface area (Å²) in [4.78, 5) is 25.9. The van der Waals surface area contributed by atoms with Gasteiger partial charge in [-0.1, -0.05) is 44.7 Å². The first kappa shape index (κ1) is 23.6. The number of amides is 1. The van der Waals surface area contributed by atoms with Crippen LogP contribution in [-0.2, 0) is 14.9 Å². The lowest BCUT2D eigenvalue weighted by Crippen LogP contribution is -2.42. The molecule has 2 aromatic rings. The molecule has 0 spiro atoms. The molecule has 0 unspecified atom stereocenters. The van der Waals surface area contributed by atoms with E-state index in [0.717, 1.165) is 56.3 Å². The molecule has 172 valence electrons. The van der Waals surface area contributed by atoms with Crippen LogP contribution in [0.2, 0.25) is 0 Å². The monoisotopic (exact) mass is 439 g/mol. The van der Waals surface area contributed by atoms with Gasteiger partial charge in [-0.3, -0.25) is 4.79 Å². The maximum Gasteiger partial charge on any atom is 0.341 e. The van der Waals surface area contributed by atoms with Gasteiger partial charge in [-0.05, 0) is 55.2 Å². The number of benzene rings is 2. The van der Waals surface area contributed by atoms with E-state index < -0.39 is 11.4 Å². The third-order valence-corrected chi connectivity index (χ3v) is 6.18. The number of ether oxygens (including phenoxy) is 3. The lowest BCUT2D eigenvalue weighted by Gasteiger charge is -2.36. The summed E-state index contributed by atoms with van der Waals surface area (Å²) < 4.78 is 16.0. The molecule has 1 N–H and O–H groups in total. The van der Waals surface area contributed by atoms with Crippen LogP contribution in [0.3, 0.4) is 0 Å². The Hall–Kier alpha value is -3.02. The van der Waals surface area contributed by atoms with E-state index in [1.54, 1.807) is 25.3 Å². The number of anilines is 1. The van der Waals surface area contributed by atoms with Crippen LogP contribution >= 0.6 is 0 Å². The Kier molecular flexibility index (Phi) is 8.14. The fraction of sp³-hybridized carbons (Fsp3) is 0.462. The van der Waals surface area contributed by atoms with Crippen molar-refractivity contribution in [1.82, 2.24) is 0 Å². The van der Waals surface area contributed by atoms with Gasteiger partial charge in [-0.15, -0.1) is 0 Å². The van der Waals surface area contributed by atoms with Crippen molar-refractivity contribution >= 4 is 17.6 Å². The van der Waals surface area contributed by atoms with E-state index >= 15 is 0 Å². The van der Waals surface area contributed by atoms with Crippen molar-refractivity contribution in [2.24, 2.45) is 0 Å². The SMILES string of the molecule is CCCCOc1ccc(NC(=O)C2(c3ccc(OC)cc3)CCCCC2)cc1C(=O)OC. The molecular formula is C26H33NO5. The minimum Gasteiger partial charge on any atom is -0.497 e. The summed E-state index contributed by atoms with van der Waals surface area (Å²) in [6.45, 7) is 2.60. The average Bonchev–Trinajstić information content (AvgIpc) is 2.84. The number of esters is 1. The highest BCUT2D eigenvalue weighted by molar-refractivity contribution is 6.01. The van der Waals surface area contributed by atoms with E-state index in [1.807, 2.05) is 24.3 Å².